The monoisotopic (exact) mass is 659 g/mol. The van der Waals surface area contributed by atoms with Crippen molar-refractivity contribution < 1.29 is 1.43 Å². The maximum atomic E-state index is 6.33. The summed E-state index contributed by atoms with van der Waals surface area (Å²) in [6.07, 6.45) is 8.41. The summed E-state index contributed by atoms with van der Waals surface area (Å²) in [7, 11) is 0. The molecule has 8 rings (SSSR count). The fraction of sp³-hybridized carbons (Fsp3) is 0.133. The highest BCUT2D eigenvalue weighted by molar-refractivity contribution is 6.21. The van der Waals surface area contributed by atoms with E-state index in [9.17, 15) is 0 Å². The van der Waals surface area contributed by atoms with Crippen LogP contribution in [0.15, 0.2) is 149 Å². The summed E-state index contributed by atoms with van der Waals surface area (Å²) in [5, 5.41) is 2.11. The zero-order valence-electron chi connectivity index (χ0n) is 29.7. The first-order chi connectivity index (χ1) is 23.5. The fourth-order valence-corrected chi connectivity index (χ4v) is 6.80. The minimum atomic E-state index is 0. The van der Waals surface area contributed by atoms with Gasteiger partial charge in [0.25, 0.3) is 0 Å². The zero-order valence-corrected chi connectivity index (χ0v) is 29.7. The Bertz CT molecular complexity index is 2310. The van der Waals surface area contributed by atoms with Gasteiger partial charge in [0.15, 0.2) is 0 Å². The van der Waals surface area contributed by atoms with Crippen molar-refractivity contribution in [3.05, 3.63) is 183 Å². The normalized spacial score (nSPS) is 15.8. The van der Waals surface area contributed by atoms with E-state index in [4.69, 9.17) is 10.7 Å². The van der Waals surface area contributed by atoms with E-state index in [1.807, 2.05) is 69.3 Å². The Morgan fingerprint density at radius 2 is 1.34 bits per heavy atom. The predicted octanol–water partition coefficient (Wildman–Crippen LogP) is 9.63. The molecule has 4 aromatic rings. The lowest BCUT2D eigenvalue weighted by atomic mass is 9.99. The number of nitrogens with two attached hydrogens (primary N) is 1. The van der Waals surface area contributed by atoms with Gasteiger partial charge in [0.1, 0.15) is 0 Å². The van der Waals surface area contributed by atoms with Gasteiger partial charge in [-0.2, -0.15) is 0 Å². The van der Waals surface area contributed by atoms with Gasteiger partial charge in [-0.1, -0.05) is 124 Å². The second-order valence-corrected chi connectivity index (χ2v) is 11.8. The molecule has 0 atom stereocenters. The van der Waals surface area contributed by atoms with E-state index in [1.54, 1.807) is 0 Å². The highest BCUT2D eigenvalue weighted by Crippen LogP contribution is 2.39. The Balaban J connectivity index is 0.000000249. The Kier molecular flexibility index (Phi) is 11.9. The molecule has 5 nitrogen and oxygen atoms in total. The lowest BCUT2D eigenvalue weighted by Gasteiger charge is -2.05. The molecule has 4 aromatic carbocycles. The number of nitrogens with zero attached hydrogens (tertiary/aromatic N) is 2. The third kappa shape index (κ3) is 6.71. The van der Waals surface area contributed by atoms with Crippen molar-refractivity contribution in [2.45, 2.75) is 40.5 Å². The highest BCUT2D eigenvalue weighted by atomic mass is 14.8. The second kappa shape index (κ2) is 16.0. The van der Waals surface area contributed by atoms with Crippen LogP contribution in [0.4, 0.5) is 0 Å². The van der Waals surface area contributed by atoms with Gasteiger partial charge in [-0.15, -0.1) is 5.73 Å². The third-order valence-corrected chi connectivity index (χ3v) is 9.07. The van der Waals surface area contributed by atoms with E-state index >= 15 is 0 Å². The van der Waals surface area contributed by atoms with Crippen LogP contribution in [0.5, 0.6) is 0 Å². The fourth-order valence-electron chi connectivity index (χ4n) is 6.80. The molecule has 8 N–H and O–H groups in total. The summed E-state index contributed by atoms with van der Waals surface area (Å²) in [6, 6.07) is 33.4. The van der Waals surface area contributed by atoms with E-state index in [2.05, 4.69) is 97.7 Å². The average molecular weight is 660 g/mol. The molecule has 254 valence electrons. The van der Waals surface area contributed by atoms with Crippen molar-refractivity contribution in [1.82, 2.24) is 12.3 Å². The summed E-state index contributed by atoms with van der Waals surface area (Å²) in [6.45, 7) is 16.0. The van der Waals surface area contributed by atoms with E-state index in [0.29, 0.717) is 0 Å². The SMILES string of the molecule is C=C1C=C(C(C)=C=C2CCc3ccccc32)c2ccccc21.C=NC1=CC(=NC2=c3ccccc3=C(N)/C2=C\C)c2ccccc21.CC.N.N.[HH]. The molecule has 0 radical (unpaired) electrons. The van der Waals surface area contributed by atoms with Gasteiger partial charge in [-0.05, 0) is 84.5 Å². The predicted molar refractivity (Wildman–Crippen MR) is 219 cm³/mol. The number of aryl methyl sites for hydroxylation is 1. The van der Waals surface area contributed by atoms with Gasteiger partial charge in [-0.25, -0.2) is 4.99 Å². The number of benzene rings is 4. The van der Waals surface area contributed by atoms with Crippen molar-refractivity contribution in [2.75, 3.05) is 0 Å². The topological polar surface area (TPSA) is 121 Å². The number of hydrogen-bond acceptors (Lipinski definition) is 5. The minimum Gasteiger partial charge on any atom is -0.398 e. The molecule has 0 heterocycles. The van der Waals surface area contributed by atoms with Crippen LogP contribution in [0.2, 0.25) is 0 Å². The summed E-state index contributed by atoms with van der Waals surface area (Å²) >= 11 is 0. The lowest BCUT2D eigenvalue weighted by molar-refractivity contribution is 1.08. The summed E-state index contributed by atoms with van der Waals surface area (Å²) in [5.74, 6) is 0. The summed E-state index contributed by atoms with van der Waals surface area (Å²) < 4.78 is 0. The number of rotatable bonds is 3. The van der Waals surface area contributed by atoms with Crippen LogP contribution in [0, 0.1) is 0 Å². The Hall–Kier alpha value is -5.84. The van der Waals surface area contributed by atoms with Crippen LogP contribution in [0.3, 0.4) is 0 Å². The lowest BCUT2D eigenvalue weighted by Crippen LogP contribution is -2.25. The van der Waals surface area contributed by atoms with E-state index in [1.165, 1.54) is 39.0 Å². The van der Waals surface area contributed by atoms with Gasteiger partial charge < -0.3 is 18.0 Å². The standard InChI is InChI=1S/C22H18.C21H17N3.C2H6.2H3N.H2/c1-15(13-18-12-11-17-7-3-4-9-20(17)18)22-14-16(2)19-8-5-6-10-21(19)22;1-3-13-20(22)16-10-6-7-11-17(16)21(13)24-19-12-18(23-2)14-8-4-5-9-15(14)19;1-2;;;/h3-10,14H,2,11-12H2,1H3;3-12H,2,22H2,1H3;1-2H3;2*1H3;1H/b;13-3+,24-19?;;;;. The summed E-state index contributed by atoms with van der Waals surface area (Å²) in [5.41, 5.74) is 26.8. The molecule has 50 heavy (non-hydrogen) atoms. The summed E-state index contributed by atoms with van der Waals surface area (Å²) in [4.78, 5) is 9.09. The Morgan fingerprint density at radius 3 is 2.02 bits per heavy atom. The molecule has 5 heteroatoms. The Labute approximate surface area is 298 Å². The molecule has 0 bridgehead atoms. The molecule has 4 aliphatic rings. The van der Waals surface area contributed by atoms with E-state index in [-0.39, 0.29) is 13.7 Å². The van der Waals surface area contributed by atoms with Crippen molar-refractivity contribution in [3.8, 4) is 0 Å². The van der Waals surface area contributed by atoms with E-state index < -0.39 is 0 Å². The van der Waals surface area contributed by atoms with E-state index in [0.717, 1.165) is 68.4 Å². The maximum absolute atomic E-state index is 6.33. The molecule has 0 spiro atoms. The Morgan fingerprint density at radius 1 is 0.760 bits per heavy atom. The molecule has 0 saturated carbocycles. The molecule has 0 fully saturated rings. The van der Waals surface area contributed by atoms with Crippen molar-refractivity contribution in [2.24, 2.45) is 15.7 Å². The molecule has 0 aromatic heterocycles. The first kappa shape index (κ1) is 37.0. The minimum absolute atomic E-state index is 0. The molecule has 0 unspecified atom stereocenters. The van der Waals surface area contributed by atoms with Crippen molar-refractivity contribution in [3.63, 3.8) is 0 Å². The molecule has 0 aliphatic heterocycles. The molecule has 0 saturated heterocycles. The van der Waals surface area contributed by atoms with Crippen LogP contribution < -0.4 is 28.5 Å². The largest absolute Gasteiger partial charge is 0.398 e. The van der Waals surface area contributed by atoms with Gasteiger partial charge in [0, 0.05) is 39.8 Å². The molecule has 0 amide bonds. The number of aliphatic imine (C=N–C) groups is 2. The molecule has 4 aliphatic carbocycles. The second-order valence-electron chi connectivity index (χ2n) is 11.8. The van der Waals surface area contributed by atoms with Crippen LogP contribution in [-0.4, -0.2) is 12.4 Å². The average Bonchev–Trinajstić information content (AvgIpc) is 3.88. The van der Waals surface area contributed by atoms with Crippen LogP contribution in [0.25, 0.3) is 33.8 Å². The van der Waals surface area contributed by atoms with Gasteiger partial charge in [0.2, 0.25) is 0 Å². The number of hydrogen-bond donors (Lipinski definition) is 3. The maximum Gasteiger partial charge on any atom is 0.0806 e. The van der Waals surface area contributed by atoms with Gasteiger partial charge >= 0.3 is 0 Å². The van der Waals surface area contributed by atoms with Crippen LogP contribution >= 0.6 is 0 Å². The smallest absolute Gasteiger partial charge is 0.0806 e. The van der Waals surface area contributed by atoms with Crippen LogP contribution in [-0.2, 0) is 6.42 Å². The van der Waals surface area contributed by atoms with Crippen LogP contribution in [0.1, 0.15) is 68.9 Å². The van der Waals surface area contributed by atoms with Crippen molar-refractivity contribution >= 4 is 46.2 Å². The highest BCUT2D eigenvalue weighted by Gasteiger charge is 2.22. The number of allylic oxidation sites excluding steroid dienone is 6. The first-order valence-electron chi connectivity index (χ1n) is 16.7. The third-order valence-electron chi connectivity index (χ3n) is 9.07. The van der Waals surface area contributed by atoms with Gasteiger partial charge in [0.05, 0.1) is 17.1 Å². The first-order valence-corrected chi connectivity index (χ1v) is 16.7. The zero-order chi connectivity index (χ0) is 33.8. The quantitative estimate of drug-likeness (QED) is 0.150. The van der Waals surface area contributed by atoms with Crippen molar-refractivity contribution in [1.29, 1.82) is 0 Å². The molecular formula is C45H49N5. The molecular weight excluding hydrogens is 611 g/mol. The number of fused-ring (bicyclic) bond motifs is 4. The van der Waals surface area contributed by atoms with Gasteiger partial charge in [-0.3, -0.25) is 4.99 Å².